The molecule has 2 aromatic carbocycles. The maximum atomic E-state index is 10.0. The molecule has 0 saturated heterocycles. The molecule has 0 unspecified atom stereocenters. The molecule has 102 valence electrons. The normalized spacial score (nSPS) is 10.9. The Morgan fingerprint density at radius 1 is 0.714 bits per heavy atom. The third-order valence-corrected chi connectivity index (χ3v) is 3.28. The lowest BCUT2D eigenvalue weighted by Gasteiger charge is -2.08. The van der Waals surface area contributed by atoms with E-state index in [1.54, 1.807) is 12.3 Å². The Bertz CT molecular complexity index is 763. The summed E-state index contributed by atoms with van der Waals surface area (Å²) in [6.45, 7) is 0. The van der Waals surface area contributed by atoms with Gasteiger partial charge in [-0.05, 0) is 35.4 Å². The van der Waals surface area contributed by atoms with Crippen LogP contribution >= 0.6 is 0 Å². The molecule has 1 heterocycles. The van der Waals surface area contributed by atoms with Gasteiger partial charge in [0.2, 0.25) is 0 Å². The lowest BCUT2D eigenvalue weighted by atomic mass is 9.98. The third-order valence-electron chi connectivity index (χ3n) is 3.28. The van der Waals surface area contributed by atoms with Gasteiger partial charge < -0.3 is 5.11 Å². The van der Waals surface area contributed by atoms with Crippen LogP contribution in [0.2, 0.25) is 0 Å². The number of rotatable bonds is 3. The van der Waals surface area contributed by atoms with Gasteiger partial charge in [0.15, 0.2) is 0 Å². The predicted octanol–water partition coefficient (Wildman–Crippen LogP) is 4.62. The van der Waals surface area contributed by atoms with Crippen LogP contribution < -0.4 is 0 Å². The van der Waals surface area contributed by atoms with E-state index >= 15 is 0 Å². The first-order valence-corrected chi connectivity index (χ1v) is 6.81. The quantitative estimate of drug-likeness (QED) is 0.755. The van der Waals surface area contributed by atoms with E-state index in [0.29, 0.717) is 0 Å². The van der Waals surface area contributed by atoms with Crippen molar-refractivity contribution in [2.24, 2.45) is 0 Å². The predicted molar refractivity (Wildman–Crippen MR) is 86.7 cm³/mol. The summed E-state index contributed by atoms with van der Waals surface area (Å²) >= 11 is 0. The molecule has 0 fully saturated rings. The lowest BCUT2D eigenvalue weighted by molar-refractivity contribution is 0.477. The topological polar surface area (TPSA) is 33.1 Å². The van der Waals surface area contributed by atoms with Crippen molar-refractivity contribution in [1.29, 1.82) is 0 Å². The molecule has 1 aromatic heterocycles. The smallest absolute Gasteiger partial charge is 0.123 e. The summed E-state index contributed by atoms with van der Waals surface area (Å²) in [7, 11) is 0. The zero-order chi connectivity index (χ0) is 14.5. The fraction of sp³-hybridized carbons (Fsp3) is 0. The van der Waals surface area contributed by atoms with E-state index in [1.165, 1.54) is 0 Å². The monoisotopic (exact) mass is 273 g/mol. The molecular formula is C19H15NO. The zero-order valence-electron chi connectivity index (χ0n) is 11.5. The van der Waals surface area contributed by atoms with E-state index in [2.05, 4.69) is 4.98 Å². The maximum absolute atomic E-state index is 10.0. The van der Waals surface area contributed by atoms with Gasteiger partial charge in [0.1, 0.15) is 5.75 Å². The second-order valence-corrected chi connectivity index (χ2v) is 4.69. The van der Waals surface area contributed by atoms with Crippen LogP contribution in [-0.4, -0.2) is 10.1 Å². The summed E-state index contributed by atoms with van der Waals surface area (Å²) in [6, 6.07) is 21.2. The molecule has 0 spiro atoms. The minimum Gasteiger partial charge on any atom is -0.507 e. The lowest BCUT2D eigenvalue weighted by Crippen LogP contribution is -1.84. The van der Waals surface area contributed by atoms with Gasteiger partial charge in [0, 0.05) is 11.8 Å². The van der Waals surface area contributed by atoms with E-state index in [4.69, 9.17) is 0 Å². The summed E-state index contributed by atoms with van der Waals surface area (Å²) in [4.78, 5) is 4.28. The van der Waals surface area contributed by atoms with E-state index < -0.39 is 0 Å². The summed E-state index contributed by atoms with van der Waals surface area (Å²) in [5.74, 6) is 0.288. The molecule has 2 heteroatoms. The first-order valence-electron chi connectivity index (χ1n) is 6.81. The van der Waals surface area contributed by atoms with Gasteiger partial charge in [-0.15, -0.1) is 0 Å². The fourth-order valence-corrected chi connectivity index (χ4v) is 2.24. The van der Waals surface area contributed by atoms with Gasteiger partial charge in [-0.2, -0.15) is 0 Å². The minimum absolute atomic E-state index is 0.288. The van der Waals surface area contributed by atoms with Crippen LogP contribution in [0.3, 0.4) is 0 Å². The van der Waals surface area contributed by atoms with Crippen molar-refractivity contribution in [3.8, 4) is 16.9 Å². The van der Waals surface area contributed by atoms with Crippen LogP contribution in [-0.2, 0) is 0 Å². The van der Waals surface area contributed by atoms with Crippen LogP contribution in [0.1, 0.15) is 11.3 Å². The SMILES string of the molecule is Oc1ccccc1-c1ccccc1C=Cc1ccccn1. The Hall–Kier alpha value is -2.87. The second kappa shape index (κ2) is 6.06. The molecular weight excluding hydrogens is 258 g/mol. The third kappa shape index (κ3) is 3.00. The molecule has 1 N–H and O–H groups in total. The average Bonchev–Trinajstić information content (AvgIpc) is 2.55. The zero-order valence-corrected chi connectivity index (χ0v) is 11.5. The number of pyridine rings is 1. The second-order valence-electron chi connectivity index (χ2n) is 4.69. The van der Waals surface area contributed by atoms with Gasteiger partial charge in [0.05, 0.1) is 5.69 Å². The summed E-state index contributed by atoms with van der Waals surface area (Å²) < 4.78 is 0. The Labute approximate surface area is 124 Å². The molecule has 0 atom stereocenters. The van der Waals surface area contributed by atoms with Crippen LogP contribution in [0.5, 0.6) is 5.75 Å². The van der Waals surface area contributed by atoms with Crippen molar-refractivity contribution in [3.05, 3.63) is 84.2 Å². The van der Waals surface area contributed by atoms with Crippen molar-refractivity contribution in [1.82, 2.24) is 4.98 Å². The highest BCUT2D eigenvalue weighted by atomic mass is 16.3. The van der Waals surface area contributed by atoms with Gasteiger partial charge in [0.25, 0.3) is 0 Å². The summed E-state index contributed by atoms with van der Waals surface area (Å²) in [6.07, 6.45) is 5.76. The molecule has 0 radical (unpaired) electrons. The van der Waals surface area contributed by atoms with Crippen LogP contribution in [0.25, 0.3) is 23.3 Å². The van der Waals surface area contributed by atoms with Crippen LogP contribution in [0.4, 0.5) is 0 Å². The highest BCUT2D eigenvalue weighted by Crippen LogP contribution is 2.31. The first-order chi connectivity index (χ1) is 10.3. The molecule has 3 rings (SSSR count). The first kappa shape index (κ1) is 13.1. The molecule has 0 aliphatic heterocycles. The average molecular weight is 273 g/mol. The standard InChI is InChI=1S/C19H15NO/c21-19-11-4-3-10-18(19)17-9-2-1-7-15(17)12-13-16-8-5-6-14-20-16/h1-14,21H. The van der Waals surface area contributed by atoms with Crippen molar-refractivity contribution >= 4 is 12.2 Å². The van der Waals surface area contributed by atoms with E-state index in [9.17, 15) is 5.11 Å². The summed E-state index contributed by atoms with van der Waals surface area (Å²) in [5, 5.41) is 10.0. The van der Waals surface area contributed by atoms with Crippen molar-refractivity contribution in [3.63, 3.8) is 0 Å². The molecule has 0 aliphatic rings. The number of phenolic OH excluding ortho intramolecular Hbond substituents is 1. The number of nitrogens with zero attached hydrogens (tertiary/aromatic N) is 1. The molecule has 0 aliphatic carbocycles. The maximum Gasteiger partial charge on any atom is 0.123 e. The Kier molecular flexibility index (Phi) is 3.79. The van der Waals surface area contributed by atoms with Crippen molar-refractivity contribution < 1.29 is 5.11 Å². The number of para-hydroxylation sites is 1. The molecule has 0 bridgehead atoms. The van der Waals surface area contributed by atoms with Crippen molar-refractivity contribution in [2.75, 3.05) is 0 Å². The Morgan fingerprint density at radius 2 is 1.43 bits per heavy atom. The van der Waals surface area contributed by atoms with Crippen LogP contribution in [0.15, 0.2) is 72.9 Å². The molecule has 2 nitrogen and oxygen atoms in total. The van der Waals surface area contributed by atoms with E-state index in [1.807, 2.05) is 72.8 Å². The van der Waals surface area contributed by atoms with Crippen LogP contribution in [0, 0.1) is 0 Å². The Balaban J connectivity index is 2.01. The van der Waals surface area contributed by atoms with Gasteiger partial charge in [-0.25, -0.2) is 0 Å². The fourth-order valence-electron chi connectivity index (χ4n) is 2.24. The summed E-state index contributed by atoms with van der Waals surface area (Å²) in [5.41, 5.74) is 3.79. The van der Waals surface area contributed by atoms with Gasteiger partial charge in [-0.1, -0.05) is 54.6 Å². The largest absolute Gasteiger partial charge is 0.507 e. The van der Waals surface area contributed by atoms with E-state index in [0.717, 1.165) is 22.4 Å². The number of hydrogen-bond acceptors (Lipinski definition) is 2. The molecule has 0 saturated carbocycles. The molecule has 0 amide bonds. The molecule has 21 heavy (non-hydrogen) atoms. The van der Waals surface area contributed by atoms with Gasteiger partial charge in [-0.3, -0.25) is 4.98 Å². The number of hydrogen-bond donors (Lipinski definition) is 1. The number of aromatic hydroxyl groups is 1. The van der Waals surface area contributed by atoms with E-state index in [-0.39, 0.29) is 5.75 Å². The Morgan fingerprint density at radius 3 is 2.19 bits per heavy atom. The number of benzene rings is 2. The van der Waals surface area contributed by atoms with Crippen molar-refractivity contribution in [2.45, 2.75) is 0 Å². The highest BCUT2D eigenvalue weighted by Gasteiger charge is 2.06. The minimum atomic E-state index is 0.288. The van der Waals surface area contributed by atoms with Gasteiger partial charge >= 0.3 is 0 Å². The number of aromatic nitrogens is 1. The molecule has 3 aromatic rings. The highest BCUT2D eigenvalue weighted by molar-refractivity contribution is 5.82. The number of phenols is 1.